The van der Waals surface area contributed by atoms with Gasteiger partial charge in [-0.2, -0.15) is 5.26 Å². The smallest absolute Gasteiger partial charge is 0.183 e. The monoisotopic (exact) mass is 251 g/mol. The van der Waals surface area contributed by atoms with Gasteiger partial charge in [-0.3, -0.25) is 0 Å². The minimum atomic E-state index is -1.05. The zero-order valence-electron chi connectivity index (χ0n) is 10.5. The number of halogens is 2. The van der Waals surface area contributed by atoms with Crippen LogP contribution in [-0.2, 0) is 0 Å². The van der Waals surface area contributed by atoms with E-state index < -0.39 is 11.6 Å². The first-order valence-corrected chi connectivity index (χ1v) is 5.84. The molecule has 0 radical (unpaired) electrons. The summed E-state index contributed by atoms with van der Waals surface area (Å²) >= 11 is 0. The van der Waals surface area contributed by atoms with Crippen molar-refractivity contribution in [3.63, 3.8) is 0 Å². The van der Waals surface area contributed by atoms with Gasteiger partial charge in [0.25, 0.3) is 0 Å². The molecule has 1 aromatic rings. The predicted molar refractivity (Wildman–Crippen MR) is 65.4 cm³/mol. The summed E-state index contributed by atoms with van der Waals surface area (Å²) in [6, 6.07) is 4.80. The molecule has 2 rings (SSSR count). The quantitative estimate of drug-likeness (QED) is 0.805. The van der Waals surface area contributed by atoms with Gasteiger partial charge in [-0.25, -0.2) is 8.78 Å². The summed E-state index contributed by atoms with van der Waals surface area (Å²) in [6.07, 6.45) is 0.925. The van der Waals surface area contributed by atoms with Gasteiger partial charge < -0.3 is 9.80 Å². The van der Waals surface area contributed by atoms with E-state index >= 15 is 0 Å². The van der Waals surface area contributed by atoms with Gasteiger partial charge in [-0.05, 0) is 32.6 Å². The maximum Gasteiger partial charge on any atom is 0.183 e. The van der Waals surface area contributed by atoms with E-state index in [2.05, 4.69) is 4.90 Å². The lowest BCUT2D eigenvalue weighted by atomic mass is 10.2. The molecule has 0 aliphatic carbocycles. The van der Waals surface area contributed by atoms with Gasteiger partial charge in [-0.1, -0.05) is 0 Å². The van der Waals surface area contributed by atoms with E-state index in [1.54, 1.807) is 6.07 Å². The third-order valence-electron chi connectivity index (χ3n) is 3.42. The molecule has 0 aromatic heterocycles. The van der Waals surface area contributed by atoms with Gasteiger partial charge in [-0.15, -0.1) is 0 Å². The second-order valence-corrected chi connectivity index (χ2v) is 4.72. The molecule has 1 aromatic carbocycles. The van der Waals surface area contributed by atoms with Crippen molar-refractivity contribution in [3.05, 3.63) is 29.3 Å². The molecule has 18 heavy (non-hydrogen) atoms. The van der Waals surface area contributed by atoms with E-state index in [0.29, 0.717) is 19.1 Å². The van der Waals surface area contributed by atoms with E-state index in [1.807, 2.05) is 19.0 Å². The highest BCUT2D eigenvalue weighted by molar-refractivity contribution is 5.52. The lowest BCUT2D eigenvalue weighted by Gasteiger charge is -2.22. The predicted octanol–water partition coefficient (Wildman–Crippen LogP) is 1.98. The molecule has 1 atom stereocenters. The average molecular weight is 251 g/mol. The van der Waals surface area contributed by atoms with Crippen LogP contribution in [0.3, 0.4) is 0 Å². The molecule has 0 N–H and O–H groups in total. The van der Waals surface area contributed by atoms with E-state index in [4.69, 9.17) is 5.26 Å². The van der Waals surface area contributed by atoms with Crippen LogP contribution in [0.5, 0.6) is 0 Å². The molecule has 1 heterocycles. The first-order chi connectivity index (χ1) is 8.54. The van der Waals surface area contributed by atoms with Crippen LogP contribution in [0, 0.1) is 23.0 Å². The van der Waals surface area contributed by atoms with Crippen LogP contribution in [-0.4, -0.2) is 38.1 Å². The molecule has 0 bridgehead atoms. The fraction of sp³-hybridized carbons (Fsp3) is 0.462. The normalized spacial score (nSPS) is 19.3. The van der Waals surface area contributed by atoms with Crippen LogP contribution < -0.4 is 4.90 Å². The molecule has 1 fully saturated rings. The Labute approximate surface area is 105 Å². The van der Waals surface area contributed by atoms with E-state index in [9.17, 15) is 8.78 Å². The summed E-state index contributed by atoms with van der Waals surface area (Å²) in [7, 11) is 3.95. The molecule has 5 heteroatoms. The lowest BCUT2D eigenvalue weighted by Crippen LogP contribution is -2.31. The summed E-state index contributed by atoms with van der Waals surface area (Å²) in [5.41, 5.74) is -0.00421. The third-order valence-corrected chi connectivity index (χ3v) is 3.42. The molecule has 3 nitrogen and oxygen atoms in total. The molecule has 96 valence electrons. The van der Waals surface area contributed by atoms with Crippen molar-refractivity contribution in [3.8, 4) is 6.07 Å². The van der Waals surface area contributed by atoms with Gasteiger partial charge in [0.2, 0.25) is 0 Å². The highest BCUT2D eigenvalue weighted by Crippen LogP contribution is 2.27. The molecule has 1 aliphatic rings. The third kappa shape index (κ3) is 2.16. The molecule has 0 saturated carbocycles. The Hall–Kier alpha value is -1.67. The molecule has 1 unspecified atom stereocenters. The SMILES string of the molecule is CN(C)C1CCN(c2ccc(C#N)c(F)c2F)C1. The van der Waals surface area contributed by atoms with Crippen molar-refractivity contribution in [2.75, 3.05) is 32.1 Å². The van der Waals surface area contributed by atoms with Crippen molar-refractivity contribution in [1.82, 2.24) is 4.90 Å². The summed E-state index contributed by atoms with van der Waals surface area (Å²) in [6.45, 7) is 1.38. The molecule has 0 amide bonds. The Morgan fingerprint density at radius 2 is 2.06 bits per heavy atom. The van der Waals surface area contributed by atoms with Crippen LogP contribution >= 0.6 is 0 Å². The minimum Gasteiger partial charge on any atom is -0.367 e. The van der Waals surface area contributed by atoms with Crippen LogP contribution in [0.4, 0.5) is 14.5 Å². The molecule has 0 spiro atoms. The number of nitrogens with zero attached hydrogens (tertiary/aromatic N) is 3. The first-order valence-electron chi connectivity index (χ1n) is 5.84. The molecular formula is C13H15F2N3. The summed E-state index contributed by atoms with van der Waals surface area (Å²) in [4.78, 5) is 3.90. The Morgan fingerprint density at radius 1 is 1.33 bits per heavy atom. The topological polar surface area (TPSA) is 30.3 Å². The number of likely N-dealkylation sites (N-methyl/N-ethyl adjacent to an activating group) is 1. The minimum absolute atomic E-state index is 0.246. The largest absolute Gasteiger partial charge is 0.367 e. The van der Waals surface area contributed by atoms with Gasteiger partial charge >= 0.3 is 0 Å². The standard InChI is InChI=1S/C13H15F2N3/c1-17(2)10-5-6-18(8-10)11-4-3-9(7-16)12(14)13(11)15/h3-4,10H,5-6,8H2,1-2H3. The van der Waals surface area contributed by atoms with Crippen molar-refractivity contribution < 1.29 is 8.78 Å². The average Bonchev–Trinajstić information content (AvgIpc) is 2.82. The number of anilines is 1. The van der Waals surface area contributed by atoms with Gasteiger partial charge in [0.1, 0.15) is 6.07 Å². The van der Waals surface area contributed by atoms with Crippen LogP contribution in [0.1, 0.15) is 12.0 Å². The Bertz CT molecular complexity index is 494. The second-order valence-electron chi connectivity index (χ2n) is 4.72. The Morgan fingerprint density at radius 3 is 2.61 bits per heavy atom. The summed E-state index contributed by atoms with van der Waals surface area (Å²) in [5, 5.41) is 8.64. The maximum absolute atomic E-state index is 13.8. The molecule has 1 saturated heterocycles. The van der Waals surface area contributed by atoms with Gasteiger partial charge in [0, 0.05) is 19.1 Å². The van der Waals surface area contributed by atoms with Gasteiger partial charge in [0.05, 0.1) is 11.3 Å². The maximum atomic E-state index is 13.8. The van der Waals surface area contributed by atoms with Gasteiger partial charge in [0.15, 0.2) is 11.6 Å². The highest BCUT2D eigenvalue weighted by Gasteiger charge is 2.27. The summed E-state index contributed by atoms with van der Waals surface area (Å²) in [5.74, 6) is -1.98. The van der Waals surface area contributed by atoms with Crippen molar-refractivity contribution >= 4 is 5.69 Å². The first kappa shape index (κ1) is 12.8. The lowest BCUT2D eigenvalue weighted by molar-refractivity contribution is 0.315. The van der Waals surface area contributed by atoms with E-state index in [-0.39, 0.29) is 11.3 Å². The fourth-order valence-corrected chi connectivity index (χ4v) is 2.25. The number of hydrogen-bond acceptors (Lipinski definition) is 3. The Balaban J connectivity index is 2.26. The van der Waals surface area contributed by atoms with Crippen LogP contribution in [0.25, 0.3) is 0 Å². The van der Waals surface area contributed by atoms with E-state index in [1.165, 1.54) is 12.1 Å². The number of nitriles is 1. The number of hydrogen-bond donors (Lipinski definition) is 0. The van der Waals surface area contributed by atoms with E-state index in [0.717, 1.165) is 6.42 Å². The zero-order chi connectivity index (χ0) is 13.3. The van der Waals surface area contributed by atoms with Crippen LogP contribution in [0.15, 0.2) is 12.1 Å². The zero-order valence-corrected chi connectivity index (χ0v) is 10.5. The second kappa shape index (κ2) is 4.91. The highest BCUT2D eigenvalue weighted by atomic mass is 19.2. The number of benzene rings is 1. The fourth-order valence-electron chi connectivity index (χ4n) is 2.25. The van der Waals surface area contributed by atoms with Crippen LogP contribution in [0.2, 0.25) is 0 Å². The molecule has 1 aliphatic heterocycles. The Kier molecular flexibility index (Phi) is 3.48. The summed E-state index contributed by atoms with van der Waals surface area (Å²) < 4.78 is 27.4. The van der Waals surface area contributed by atoms with Crippen molar-refractivity contribution in [2.24, 2.45) is 0 Å². The molecular weight excluding hydrogens is 236 g/mol. The number of rotatable bonds is 2. The van der Waals surface area contributed by atoms with Crippen molar-refractivity contribution in [1.29, 1.82) is 5.26 Å². The van der Waals surface area contributed by atoms with Crippen molar-refractivity contribution in [2.45, 2.75) is 12.5 Å².